The molecule has 0 aromatic carbocycles. The standard InChI is InChI=1S/C5H5Br3O3/c6-5(7,8)4(11)3(10)1-2-9/h9H,1-2H2. The Labute approximate surface area is 88.9 Å². The Morgan fingerprint density at radius 1 is 1.27 bits per heavy atom. The van der Waals surface area contributed by atoms with Crippen LogP contribution in [0.1, 0.15) is 6.42 Å². The number of rotatable bonds is 3. The molecule has 0 amide bonds. The van der Waals surface area contributed by atoms with E-state index in [0.29, 0.717) is 0 Å². The number of aliphatic hydroxyl groups excluding tert-OH is 1. The molecular formula is C5H5Br3O3. The van der Waals surface area contributed by atoms with Crippen LogP contribution in [0.5, 0.6) is 0 Å². The molecule has 0 aliphatic heterocycles. The van der Waals surface area contributed by atoms with Crippen LogP contribution in [-0.4, -0.2) is 25.4 Å². The van der Waals surface area contributed by atoms with Crippen molar-refractivity contribution in [3.63, 3.8) is 0 Å². The molecule has 0 fully saturated rings. The number of aliphatic hydroxyl groups is 1. The summed E-state index contributed by atoms with van der Waals surface area (Å²) in [6.45, 7) is -0.312. The summed E-state index contributed by atoms with van der Waals surface area (Å²) in [4.78, 5) is 21.7. The first kappa shape index (κ1) is 11.7. The van der Waals surface area contributed by atoms with Crippen LogP contribution in [0.4, 0.5) is 0 Å². The summed E-state index contributed by atoms with van der Waals surface area (Å²) in [5.41, 5.74) is 0. The minimum absolute atomic E-state index is 0.149. The Bertz CT molecular complexity index is 172. The monoisotopic (exact) mass is 350 g/mol. The fraction of sp³-hybridized carbons (Fsp3) is 0.600. The number of alkyl halides is 3. The Morgan fingerprint density at radius 2 is 1.73 bits per heavy atom. The van der Waals surface area contributed by atoms with Crippen LogP contribution < -0.4 is 0 Å². The molecule has 64 valence electrons. The van der Waals surface area contributed by atoms with Crippen molar-refractivity contribution in [3.05, 3.63) is 0 Å². The highest BCUT2D eigenvalue weighted by atomic mass is 80.0. The Morgan fingerprint density at radius 3 is 2.00 bits per heavy atom. The van der Waals surface area contributed by atoms with Crippen LogP contribution >= 0.6 is 47.8 Å². The Kier molecular flexibility index (Phi) is 5.00. The number of hydrogen-bond donors (Lipinski definition) is 1. The largest absolute Gasteiger partial charge is 0.396 e. The lowest BCUT2D eigenvalue weighted by Gasteiger charge is -2.07. The number of hydrogen-bond acceptors (Lipinski definition) is 3. The van der Waals surface area contributed by atoms with Crippen molar-refractivity contribution in [2.24, 2.45) is 0 Å². The third kappa shape index (κ3) is 4.35. The van der Waals surface area contributed by atoms with Gasteiger partial charge in [-0.15, -0.1) is 0 Å². The van der Waals surface area contributed by atoms with E-state index in [9.17, 15) is 9.59 Å². The van der Waals surface area contributed by atoms with E-state index in [4.69, 9.17) is 5.11 Å². The molecule has 0 saturated heterocycles. The molecule has 0 aromatic rings. The lowest BCUT2D eigenvalue weighted by atomic mass is 10.2. The fourth-order valence-corrected chi connectivity index (χ4v) is 1.04. The maximum Gasteiger partial charge on any atom is 0.236 e. The number of carbonyl (C=O) groups is 2. The second kappa shape index (κ2) is 4.69. The smallest absolute Gasteiger partial charge is 0.236 e. The van der Waals surface area contributed by atoms with Gasteiger partial charge < -0.3 is 5.11 Å². The molecule has 0 aliphatic rings. The van der Waals surface area contributed by atoms with Crippen LogP contribution in [0.2, 0.25) is 0 Å². The third-order valence-corrected chi connectivity index (χ3v) is 1.93. The van der Waals surface area contributed by atoms with Gasteiger partial charge in [-0.25, -0.2) is 0 Å². The fourth-order valence-electron chi connectivity index (χ4n) is 0.373. The number of carbonyl (C=O) groups excluding carboxylic acids is 2. The third-order valence-electron chi connectivity index (χ3n) is 0.850. The summed E-state index contributed by atoms with van der Waals surface area (Å²) in [6, 6.07) is 0. The van der Waals surface area contributed by atoms with E-state index in [1.807, 2.05) is 0 Å². The molecule has 11 heavy (non-hydrogen) atoms. The van der Waals surface area contributed by atoms with Gasteiger partial charge in [0.15, 0.2) is 2.14 Å². The van der Waals surface area contributed by atoms with Gasteiger partial charge in [-0.05, 0) is 0 Å². The van der Waals surface area contributed by atoms with E-state index in [1.165, 1.54) is 0 Å². The zero-order chi connectivity index (χ0) is 9.07. The minimum Gasteiger partial charge on any atom is -0.396 e. The van der Waals surface area contributed by atoms with Gasteiger partial charge in [0.25, 0.3) is 0 Å². The molecule has 0 bridgehead atoms. The van der Waals surface area contributed by atoms with Gasteiger partial charge in [-0.2, -0.15) is 0 Å². The highest BCUT2D eigenvalue weighted by Crippen LogP contribution is 2.34. The molecule has 0 radical (unpaired) electrons. The van der Waals surface area contributed by atoms with E-state index in [2.05, 4.69) is 47.8 Å². The van der Waals surface area contributed by atoms with Gasteiger partial charge in [0.05, 0.1) is 6.61 Å². The number of Topliss-reactive ketones (excluding diaryl/α,β-unsaturated/α-hetero) is 2. The van der Waals surface area contributed by atoms with Crippen molar-refractivity contribution in [2.45, 2.75) is 8.56 Å². The Balaban J connectivity index is 4.15. The lowest BCUT2D eigenvalue weighted by molar-refractivity contribution is -0.136. The van der Waals surface area contributed by atoms with E-state index in [0.717, 1.165) is 0 Å². The summed E-state index contributed by atoms with van der Waals surface area (Å²) in [6.07, 6.45) is -0.149. The van der Waals surface area contributed by atoms with Gasteiger partial charge in [-0.1, -0.05) is 47.8 Å². The number of ketones is 2. The van der Waals surface area contributed by atoms with Crippen LogP contribution in [-0.2, 0) is 9.59 Å². The number of halogens is 3. The molecule has 0 heterocycles. The normalized spacial score (nSPS) is 11.3. The van der Waals surface area contributed by atoms with Gasteiger partial charge in [0.2, 0.25) is 11.6 Å². The second-order valence-electron chi connectivity index (χ2n) is 1.72. The summed E-state index contributed by atoms with van der Waals surface area (Å²) in [5, 5.41) is 8.33. The van der Waals surface area contributed by atoms with Crippen LogP contribution in [0.3, 0.4) is 0 Å². The SMILES string of the molecule is O=C(CCO)C(=O)C(Br)(Br)Br. The van der Waals surface area contributed by atoms with Gasteiger partial charge in [-0.3, -0.25) is 9.59 Å². The molecule has 3 nitrogen and oxygen atoms in total. The zero-order valence-corrected chi connectivity index (χ0v) is 10.1. The molecule has 0 spiro atoms. The molecule has 0 rings (SSSR count). The quantitative estimate of drug-likeness (QED) is 0.616. The first-order chi connectivity index (χ1) is 4.89. The summed E-state index contributed by atoms with van der Waals surface area (Å²) < 4.78 is -1.18. The second-order valence-corrected chi connectivity index (χ2v) is 8.48. The lowest BCUT2D eigenvalue weighted by Crippen LogP contribution is -2.27. The van der Waals surface area contributed by atoms with Crippen molar-refractivity contribution in [1.82, 2.24) is 0 Å². The van der Waals surface area contributed by atoms with Gasteiger partial charge in [0.1, 0.15) is 0 Å². The van der Waals surface area contributed by atoms with Crippen molar-refractivity contribution in [2.75, 3.05) is 6.61 Å². The van der Waals surface area contributed by atoms with E-state index >= 15 is 0 Å². The predicted octanol–water partition coefficient (Wildman–Crippen LogP) is 1.35. The zero-order valence-electron chi connectivity index (χ0n) is 5.31. The van der Waals surface area contributed by atoms with E-state index < -0.39 is 13.7 Å². The maximum atomic E-state index is 11.0. The Hall–Kier alpha value is 0.740. The molecule has 1 N–H and O–H groups in total. The highest BCUT2D eigenvalue weighted by molar-refractivity contribution is 9.40. The van der Waals surface area contributed by atoms with Crippen molar-refractivity contribution in [1.29, 1.82) is 0 Å². The first-order valence-electron chi connectivity index (χ1n) is 2.64. The van der Waals surface area contributed by atoms with Crippen molar-refractivity contribution >= 4 is 59.4 Å². The first-order valence-corrected chi connectivity index (χ1v) is 5.02. The van der Waals surface area contributed by atoms with Gasteiger partial charge >= 0.3 is 0 Å². The van der Waals surface area contributed by atoms with E-state index in [-0.39, 0.29) is 13.0 Å². The molecule has 6 heteroatoms. The molecule has 0 aliphatic carbocycles. The topological polar surface area (TPSA) is 54.4 Å². The molecule has 0 unspecified atom stereocenters. The van der Waals surface area contributed by atoms with Crippen LogP contribution in [0.25, 0.3) is 0 Å². The summed E-state index contributed by atoms with van der Waals surface area (Å²) in [5.74, 6) is -1.29. The molecule has 0 saturated carbocycles. The molecular weight excluding hydrogens is 348 g/mol. The average molecular weight is 353 g/mol. The van der Waals surface area contributed by atoms with Crippen molar-refractivity contribution in [3.8, 4) is 0 Å². The maximum absolute atomic E-state index is 11.0. The summed E-state index contributed by atoms with van der Waals surface area (Å²) >= 11 is 8.69. The minimum atomic E-state index is -1.18. The highest BCUT2D eigenvalue weighted by Gasteiger charge is 2.33. The average Bonchev–Trinajstić information content (AvgIpc) is 1.85. The van der Waals surface area contributed by atoms with Crippen LogP contribution in [0.15, 0.2) is 0 Å². The predicted molar refractivity (Wildman–Crippen MR) is 51.2 cm³/mol. The van der Waals surface area contributed by atoms with Crippen molar-refractivity contribution < 1.29 is 14.7 Å². The van der Waals surface area contributed by atoms with E-state index in [1.54, 1.807) is 0 Å². The molecule has 0 aromatic heterocycles. The van der Waals surface area contributed by atoms with Crippen LogP contribution in [0, 0.1) is 0 Å². The molecule has 0 atom stereocenters. The summed E-state index contributed by atoms with van der Waals surface area (Å²) in [7, 11) is 0. The van der Waals surface area contributed by atoms with Gasteiger partial charge in [0, 0.05) is 6.42 Å².